The molecule has 1 N–H and O–H groups in total. The lowest BCUT2D eigenvalue weighted by Crippen LogP contribution is -2.49. The number of hydrogen-bond donors (Lipinski definition) is 1. The zero-order valence-electron chi connectivity index (χ0n) is 16.0. The molecule has 148 valence electrons. The summed E-state index contributed by atoms with van der Waals surface area (Å²) in [6.07, 6.45) is 7.16. The van der Waals surface area contributed by atoms with E-state index in [1.54, 1.807) is 12.1 Å². The summed E-state index contributed by atoms with van der Waals surface area (Å²) in [6, 6.07) is 5.58. The third-order valence-electron chi connectivity index (χ3n) is 6.69. The highest BCUT2D eigenvalue weighted by Gasteiger charge is 2.44. The number of ether oxygens (including phenoxy) is 2. The van der Waals surface area contributed by atoms with E-state index in [9.17, 15) is 9.18 Å². The molecule has 1 saturated carbocycles. The number of methoxy groups -OCH3 is 1. The number of nitrogens with zero attached hydrogens (tertiary/aromatic N) is 1. The first kappa shape index (κ1) is 18.5. The minimum atomic E-state index is -0.333. The average molecular weight is 376 g/mol. The third-order valence-corrected chi connectivity index (χ3v) is 6.69. The Bertz CT molecular complexity index is 688. The van der Waals surface area contributed by atoms with E-state index >= 15 is 0 Å². The van der Waals surface area contributed by atoms with Crippen LogP contribution in [0, 0.1) is 5.82 Å². The molecule has 0 bridgehead atoms. The molecule has 2 fully saturated rings. The molecular weight excluding hydrogens is 347 g/mol. The predicted molar refractivity (Wildman–Crippen MR) is 101 cm³/mol. The molecule has 3 aliphatic rings. The van der Waals surface area contributed by atoms with Crippen LogP contribution in [0.25, 0.3) is 0 Å². The summed E-state index contributed by atoms with van der Waals surface area (Å²) >= 11 is 0. The van der Waals surface area contributed by atoms with E-state index < -0.39 is 0 Å². The van der Waals surface area contributed by atoms with Gasteiger partial charge in [0.25, 0.3) is 0 Å². The van der Waals surface area contributed by atoms with Crippen molar-refractivity contribution in [1.29, 1.82) is 0 Å². The predicted octanol–water partition coefficient (Wildman–Crippen LogP) is 3.61. The van der Waals surface area contributed by atoms with Gasteiger partial charge in [0.2, 0.25) is 0 Å². The van der Waals surface area contributed by atoms with Gasteiger partial charge in [0, 0.05) is 23.1 Å². The Kier molecular flexibility index (Phi) is 5.26. The number of piperidine rings is 1. The third kappa shape index (κ3) is 3.77. The second kappa shape index (κ2) is 7.66. The normalized spacial score (nSPS) is 27.5. The maximum absolute atomic E-state index is 13.8. The molecular formula is C21H29FN2O3. The number of hydrogen-bond acceptors (Lipinski definition) is 4. The first-order valence-electron chi connectivity index (χ1n) is 10.1. The van der Waals surface area contributed by atoms with Crippen LogP contribution >= 0.6 is 0 Å². The van der Waals surface area contributed by atoms with Gasteiger partial charge in [-0.3, -0.25) is 0 Å². The molecule has 1 saturated heterocycles. The summed E-state index contributed by atoms with van der Waals surface area (Å²) in [7, 11) is 1.41. The Labute approximate surface area is 160 Å². The lowest BCUT2D eigenvalue weighted by molar-refractivity contribution is 0.0886. The van der Waals surface area contributed by atoms with Crippen molar-refractivity contribution in [2.75, 3.05) is 26.8 Å². The first-order chi connectivity index (χ1) is 13.1. The quantitative estimate of drug-likeness (QED) is 0.801. The van der Waals surface area contributed by atoms with Gasteiger partial charge in [0.15, 0.2) is 0 Å². The summed E-state index contributed by atoms with van der Waals surface area (Å²) in [5.74, 6) is 0.670. The largest absolute Gasteiger partial charge is 0.492 e. The summed E-state index contributed by atoms with van der Waals surface area (Å²) in [4.78, 5) is 14.2. The van der Waals surface area contributed by atoms with Crippen molar-refractivity contribution in [3.63, 3.8) is 0 Å². The standard InChI is InChI=1S/C21H29FN2O3/c1-26-20(25)23-16-4-2-3-5-17(13-16)24-10-8-21(9-11-24)14-27-19-7-6-15(22)12-18(19)21/h6-7,12,16-17H,2-5,8-11,13-14H2,1H3,(H,23,25). The Morgan fingerprint density at radius 3 is 2.85 bits per heavy atom. The lowest BCUT2D eigenvalue weighted by Gasteiger charge is -2.42. The van der Waals surface area contributed by atoms with Crippen molar-refractivity contribution >= 4 is 6.09 Å². The van der Waals surface area contributed by atoms with Gasteiger partial charge < -0.3 is 19.7 Å². The number of likely N-dealkylation sites (tertiary alicyclic amines) is 1. The van der Waals surface area contributed by atoms with Crippen molar-refractivity contribution in [1.82, 2.24) is 10.2 Å². The second-order valence-corrected chi connectivity index (χ2v) is 8.25. The molecule has 27 heavy (non-hydrogen) atoms. The molecule has 4 rings (SSSR count). The molecule has 2 atom stereocenters. The number of halogens is 1. The fourth-order valence-corrected chi connectivity index (χ4v) is 5.09. The molecule has 0 radical (unpaired) electrons. The van der Waals surface area contributed by atoms with Gasteiger partial charge in [-0.1, -0.05) is 12.8 Å². The number of rotatable bonds is 2. The molecule has 1 aromatic rings. The smallest absolute Gasteiger partial charge is 0.407 e. The monoisotopic (exact) mass is 376 g/mol. The number of fused-ring (bicyclic) bond motifs is 2. The molecule has 2 unspecified atom stereocenters. The van der Waals surface area contributed by atoms with Crippen molar-refractivity contribution in [3.05, 3.63) is 29.6 Å². The molecule has 1 amide bonds. The van der Waals surface area contributed by atoms with Crippen LogP contribution < -0.4 is 10.1 Å². The van der Waals surface area contributed by atoms with Gasteiger partial charge in [-0.25, -0.2) is 9.18 Å². The van der Waals surface area contributed by atoms with E-state index in [0.717, 1.165) is 56.5 Å². The summed E-state index contributed by atoms with van der Waals surface area (Å²) in [6.45, 7) is 2.65. The van der Waals surface area contributed by atoms with Crippen molar-refractivity contribution in [2.45, 2.75) is 62.4 Å². The SMILES string of the molecule is COC(=O)NC1CCCCC(N2CCC3(CC2)COc2ccc(F)cc23)C1. The number of alkyl carbamates (subject to hydrolysis) is 1. The van der Waals surface area contributed by atoms with Crippen LogP contribution in [0.5, 0.6) is 5.75 Å². The van der Waals surface area contributed by atoms with Crippen LogP contribution in [0.15, 0.2) is 18.2 Å². The summed E-state index contributed by atoms with van der Waals surface area (Å²) < 4.78 is 24.4. The van der Waals surface area contributed by atoms with Crippen molar-refractivity contribution in [3.8, 4) is 5.75 Å². The van der Waals surface area contributed by atoms with E-state index in [0.29, 0.717) is 12.6 Å². The maximum Gasteiger partial charge on any atom is 0.407 e. The molecule has 1 spiro atoms. The number of benzene rings is 1. The first-order valence-corrected chi connectivity index (χ1v) is 10.1. The van der Waals surface area contributed by atoms with E-state index in [1.165, 1.54) is 26.0 Å². The lowest BCUT2D eigenvalue weighted by atomic mass is 9.74. The maximum atomic E-state index is 13.8. The molecule has 2 aliphatic heterocycles. The van der Waals surface area contributed by atoms with Gasteiger partial charge in [-0.05, 0) is 63.4 Å². The van der Waals surface area contributed by atoms with Gasteiger partial charge in [-0.15, -0.1) is 0 Å². The molecule has 1 aromatic carbocycles. The molecule has 0 aromatic heterocycles. The van der Waals surface area contributed by atoms with E-state index in [1.807, 2.05) is 0 Å². The zero-order chi connectivity index (χ0) is 18.9. The van der Waals surface area contributed by atoms with Crippen LogP contribution in [0.1, 0.15) is 50.5 Å². The van der Waals surface area contributed by atoms with Crippen LogP contribution in [0.3, 0.4) is 0 Å². The van der Waals surface area contributed by atoms with Gasteiger partial charge >= 0.3 is 6.09 Å². The minimum absolute atomic E-state index is 0.0394. The number of nitrogens with one attached hydrogen (secondary N) is 1. The van der Waals surface area contributed by atoms with Crippen LogP contribution in [-0.2, 0) is 10.2 Å². The highest BCUT2D eigenvalue weighted by atomic mass is 19.1. The van der Waals surface area contributed by atoms with Crippen LogP contribution in [-0.4, -0.2) is 49.9 Å². The Morgan fingerprint density at radius 1 is 1.30 bits per heavy atom. The van der Waals surface area contributed by atoms with Gasteiger partial charge in [-0.2, -0.15) is 0 Å². The second-order valence-electron chi connectivity index (χ2n) is 8.25. The van der Waals surface area contributed by atoms with E-state index in [4.69, 9.17) is 9.47 Å². The number of amides is 1. The highest BCUT2D eigenvalue weighted by molar-refractivity contribution is 5.67. The van der Waals surface area contributed by atoms with Crippen molar-refractivity contribution < 1.29 is 18.7 Å². The number of carbonyl (C=O) groups excluding carboxylic acids is 1. The zero-order valence-corrected chi connectivity index (χ0v) is 16.0. The topological polar surface area (TPSA) is 50.8 Å². The molecule has 1 aliphatic carbocycles. The van der Waals surface area contributed by atoms with Crippen LogP contribution in [0.4, 0.5) is 9.18 Å². The highest BCUT2D eigenvalue weighted by Crippen LogP contribution is 2.46. The van der Waals surface area contributed by atoms with Gasteiger partial charge in [0.1, 0.15) is 11.6 Å². The Morgan fingerprint density at radius 2 is 2.07 bits per heavy atom. The fourth-order valence-electron chi connectivity index (χ4n) is 5.09. The number of carbonyl (C=O) groups is 1. The summed E-state index contributed by atoms with van der Waals surface area (Å²) in [5, 5.41) is 3.00. The molecule has 5 nitrogen and oxygen atoms in total. The molecule has 2 heterocycles. The average Bonchev–Trinajstić information content (AvgIpc) is 2.86. The van der Waals surface area contributed by atoms with E-state index in [-0.39, 0.29) is 23.4 Å². The fraction of sp³-hybridized carbons (Fsp3) is 0.667. The molecule has 6 heteroatoms. The Balaban J connectivity index is 1.41. The Hall–Kier alpha value is -1.82. The van der Waals surface area contributed by atoms with Crippen LogP contribution in [0.2, 0.25) is 0 Å². The van der Waals surface area contributed by atoms with E-state index in [2.05, 4.69) is 10.2 Å². The van der Waals surface area contributed by atoms with Crippen molar-refractivity contribution in [2.24, 2.45) is 0 Å². The minimum Gasteiger partial charge on any atom is -0.492 e. The summed E-state index contributed by atoms with van der Waals surface area (Å²) in [5.41, 5.74) is 1.01. The van der Waals surface area contributed by atoms with Gasteiger partial charge in [0.05, 0.1) is 13.7 Å².